The van der Waals surface area contributed by atoms with Gasteiger partial charge in [0.2, 0.25) is 0 Å². The van der Waals surface area contributed by atoms with Crippen molar-refractivity contribution in [1.82, 2.24) is 0 Å². The summed E-state index contributed by atoms with van der Waals surface area (Å²) in [7, 11) is 0. The maximum atomic E-state index is 2.35. The standard InChI is InChI=1S/C41H28/c1-5-17-29(18-6-1)37-35-27-15-16-28-36(35)41(31-21-9-3-10-22-31,32-23-11-4-12-24-32)40-38(30-19-7-2-8-20-30)33-25-13-14-26-34(33)39(37)40/h1-28H. The van der Waals surface area contributed by atoms with Gasteiger partial charge in [0.25, 0.3) is 0 Å². The van der Waals surface area contributed by atoms with Crippen molar-refractivity contribution in [2.45, 2.75) is 5.41 Å². The third-order valence-electron chi connectivity index (χ3n) is 8.73. The minimum atomic E-state index is -0.517. The largest absolute Gasteiger partial charge is 0.0720 e. The molecule has 0 atom stereocenters. The van der Waals surface area contributed by atoms with E-state index >= 15 is 0 Å². The Hall–Kier alpha value is -5.20. The van der Waals surface area contributed by atoms with Crippen LogP contribution in [0.5, 0.6) is 0 Å². The first-order chi connectivity index (χ1) is 20.4. The van der Waals surface area contributed by atoms with Gasteiger partial charge in [-0.15, -0.1) is 0 Å². The number of benzene rings is 6. The van der Waals surface area contributed by atoms with Crippen LogP contribution in [-0.2, 0) is 5.41 Å². The predicted octanol–water partition coefficient (Wildman–Crippen LogP) is 9.81. The van der Waals surface area contributed by atoms with Gasteiger partial charge in [0.1, 0.15) is 0 Å². The molecule has 0 radical (unpaired) electrons. The zero-order valence-electron chi connectivity index (χ0n) is 22.7. The monoisotopic (exact) mass is 520 g/mol. The van der Waals surface area contributed by atoms with Gasteiger partial charge in [-0.2, -0.15) is 0 Å². The van der Waals surface area contributed by atoms with E-state index in [1.54, 1.807) is 0 Å². The van der Waals surface area contributed by atoms with E-state index in [1.165, 1.54) is 66.8 Å². The summed E-state index contributed by atoms with van der Waals surface area (Å²) in [6.45, 7) is 0. The smallest absolute Gasteiger partial charge is 0.0622 e. The van der Waals surface area contributed by atoms with Crippen molar-refractivity contribution < 1.29 is 0 Å². The highest BCUT2D eigenvalue weighted by atomic mass is 14.5. The molecule has 6 aromatic rings. The van der Waals surface area contributed by atoms with E-state index in [0.29, 0.717) is 0 Å². The molecule has 0 bridgehead atoms. The summed E-state index contributed by atoms with van der Waals surface area (Å²) in [5.41, 5.74) is 15.0. The van der Waals surface area contributed by atoms with Crippen LogP contribution in [0.4, 0.5) is 0 Å². The average Bonchev–Trinajstić information content (AvgIpc) is 3.40. The average molecular weight is 521 g/mol. The van der Waals surface area contributed by atoms with Gasteiger partial charge < -0.3 is 0 Å². The maximum absolute atomic E-state index is 2.35. The molecule has 41 heavy (non-hydrogen) atoms. The van der Waals surface area contributed by atoms with Gasteiger partial charge in [-0.3, -0.25) is 0 Å². The van der Waals surface area contributed by atoms with Crippen LogP contribution in [0.1, 0.15) is 44.5 Å². The van der Waals surface area contributed by atoms with E-state index < -0.39 is 5.41 Å². The lowest BCUT2D eigenvalue weighted by atomic mass is 9.57. The van der Waals surface area contributed by atoms with E-state index in [-0.39, 0.29) is 0 Å². The molecular formula is C41H28. The lowest BCUT2D eigenvalue weighted by molar-refractivity contribution is 0.745. The highest BCUT2D eigenvalue weighted by molar-refractivity contribution is 6.19. The molecule has 2 aliphatic carbocycles. The first-order valence-corrected chi connectivity index (χ1v) is 14.3. The summed E-state index contributed by atoms with van der Waals surface area (Å²) in [4.78, 5) is 0. The Balaban J connectivity index is 1.67. The SMILES string of the molecule is c1ccc(C2=C3C(=C(c4ccccc4)c4ccccc4C3(c3ccccc3)c3ccccc3)c3ccccc32)cc1. The minimum Gasteiger partial charge on any atom is -0.0622 e. The van der Waals surface area contributed by atoms with Crippen LogP contribution in [0.3, 0.4) is 0 Å². The summed E-state index contributed by atoms with van der Waals surface area (Å²) in [6, 6.07) is 62.2. The Bertz CT molecular complexity index is 1900. The van der Waals surface area contributed by atoms with E-state index in [1.807, 2.05) is 0 Å². The van der Waals surface area contributed by atoms with Crippen LogP contribution in [-0.4, -0.2) is 0 Å². The van der Waals surface area contributed by atoms with E-state index in [9.17, 15) is 0 Å². The second-order valence-electron chi connectivity index (χ2n) is 10.8. The molecule has 0 unspecified atom stereocenters. The highest BCUT2D eigenvalue weighted by Gasteiger charge is 2.51. The van der Waals surface area contributed by atoms with Gasteiger partial charge in [-0.05, 0) is 66.8 Å². The second-order valence-corrected chi connectivity index (χ2v) is 10.8. The highest BCUT2D eigenvalue weighted by Crippen LogP contribution is 2.63. The zero-order chi connectivity index (χ0) is 27.2. The molecule has 0 N–H and O–H groups in total. The number of rotatable bonds is 4. The van der Waals surface area contributed by atoms with Gasteiger partial charge in [0, 0.05) is 0 Å². The van der Waals surface area contributed by atoms with Crippen LogP contribution < -0.4 is 0 Å². The van der Waals surface area contributed by atoms with E-state index in [0.717, 1.165) is 0 Å². The molecule has 0 heterocycles. The first kappa shape index (κ1) is 23.7. The Labute approximate surface area is 241 Å². The molecule has 2 aliphatic rings. The fraction of sp³-hybridized carbons (Fsp3) is 0.0244. The molecule has 0 amide bonds. The van der Waals surface area contributed by atoms with Crippen LogP contribution in [0.15, 0.2) is 175 Å². The summed E-state index contributed by atoms with van der Waals surface area (Å²) in [5.74, 6) is 0. The van der Waals surface area contributed by atoms with Gasteiger partial charge >= 0.3 is 0 Å². The van der Waals surface area contributed by atoms with Crippen molar-refractivity contribution in [3.8, 4) is 0 Å². The summed E-state index contributed by atoms with van der Waals surface area (Å²) in [6.07, 6.45) is 0. The number of allylic oxidation sites excluding steroid dienone is 2. The van der Waals surface area contributed by atoms with E-state index in [4.69, 9.17) is 0 Å². The van der Waals surface area contributed by atoms with Gasteiger partial charge in [0.05, 0.1) is 5.41 Å². The van der Waals surface area contributed by atoms with Crippen LogP contribution in [0.2, 0.25) is 0 Å². The second kappa shape index (κ2) is 9.47. The lowest BCUT2D eigenvalue weighted by Crippen LogP contribution is -2.36. The van der Waals surface area contributed by atoms with Gasteiger partial charge in [-0.1, -0.05) is 170 Å². The third-order valence-corrected chi connectivity index (χ3v) is 8.73. The number of fused-ring (bicyclic) bond motifs is 4. The summed E-state index contributed by atoms with van der Waals surface area (Å²) in [5, 5.41) is 0. The van der Waals surface area contributed by atoms with Crippen molar-refractivity contribution >= 4 is 16.7 Å². The molecule has 8 rings (SSSR count). The molecular weight excluding hydrogens is 492 g/mol. The molecule has 0 spiro atoms. The number of hydrogen-bond acceptors (Lipinski definition) is 0. The fourth-order valence-corrected chi connectivity index (χ4v) is 7.20. The molecule has 0 aliphatic heterocycles. The molecule has 6 aromatic carbocycles. The molecule has 0 aromatic heterocycles. The summed E-state index contributed by atoms with van der Waals surface area (Å²) < 4.78 is 0. The van der Waals surface area contributed by atoms with Crippen molar-refractivity contribution in [3.05, 3.63) is 220 Å². The lowest BCUT2D eigenvalue weighted by Gasteiger charge is -2.44. The molecule has 0 saturated heterocycles. The van der Waals surface area contributed by atoms with Crippen LogP contribution >= 0.6 is 0 Å². The Morgan fingerprint density at radius 3 is 1.22 bits per heavy atom. The van der Waals surface area contributed by atoms with E-state index in [2.05, 4.69) is 170 Å². The molecule has 0 nitrogen and oxygen atoms in total. The van der Waals surface area contributed by atoms with Crippen molar-refractivity contribution in [1.29, 1.82) is 0 Å². The van der Waals surface area contributed by atoms with Crippen molar-refractivity contribution in [3.63, 3.8) is 0 Å². The molecule has 0 heteroatoms. The van der Waals surface area contributed by atoms with Gasteiger partial charge in [-0.25, -0.2) is 0 Å². The Morgan fingerprint density at radius 1 is 0.293 bits per heavy atom. The predicted molar refractivity (Wildman–Crippen MR) is 170 cm³/mol. The van der Waals surface area contributed by atoms with Crippen molar-refractivity contribution in [2.24, 2.45) is 0 Å². The quantitative estimate of drug-likeness (QED) is 0.217. The Morgan fingerprint density at radius 2 is 0.683 bits per heavy atom. The van der Waals surface area contributed by atoms with Crippen LogP contribution in [0, 0.1) is 0 Å². The molecule has 192 valence electrons. The Kier molecular flexibility index (Phi) is 5.47. The topological polar surface area (TPSA) is 0 Å². The minimum absolute atomic E-state index is 0.517. The van der Waals surface area contributed by atoms with Gasteiger partial charge in [0.15, 0.2) is 0 Å². The van der Waals surface area contributed by atoms with Crippen LogP contribution in [0.25, 0.3) is 16.7 Å². The summed E-state index contributed by atoms with van der Waals surface area (Å²) >= 11 is 0. The normalized spacial score (nSPS) is 14.8. The fourth-order valence-electron chi connectivity index (χ4n) is 7.20. The first-order valence-electron chi connectivity index (χ1n) is 14.3. The van der Waals surface area contributed by atoms with Crippen molar-refractivity contribution in [2.75, 3.05) is 0 Å². The molecule has 0 saturated carbocycles. The maximum Gasteiger partial charge on any atom is 0.0720 e. The molecule has 0 fully saturated rings. The number of hydrogen-bond donors (Lipinski definition) is 0. The third kappa shape index (κ3) is 3.41. The zero-order valence-corrected chi connectivity index (χ0v) is 22.7.